The maximum Gasteiger partial charge on any atom is 0.229 e. The molecule has 164 valence electrons. The lowest BCUT2D eigenvalue weighted by molar-refractivity contribution is -0.139. The minimum absolute atomic E-state index is 0.0506. The minimum Gasteiger partial charge on any atom is -0.493 e. The first kappa shape index (κ1) is 23.9. The van der Waals surface area contributed by atoms with Crippen LogP contribution in [-0.2, 0) is 17.8 Å². The van der Waals surface area contributed by atoms with Crippen LogP contribution in [0.4, 0.5) is 5.69 Å². The Hall–Kier alpha value is -2.40. The van der Waals surface area contributed by atoms with Gasteiger partial charge in [0.05, 0.1) is 19.6 Å². The van der Waals surface area contributed by atoms with Gasteiger partial charge < -0.3 is 19.3 Å². The molecule has 0 N–H and O–H groups in total. The number of rotatable bonds is 10. The van der Waals surface area contributed by atoms with Crippen molar-refractivity contribution >= 4 is 23.2 Å². The van der Waals surface area contributed by atoms with Crippen LogP contribution < -0.4 is 14.4 Å². The summed E-state index contributed by atoms with van der Waals surface area (Å²) in [6.07, 6.45) is 0.709. The molecule has 0 atom stereocenters. The van der Waals surface area contributed by atoms with E-state index in [2.05, 4.69) is 29.2 Å². The predicted molar refractivity (Wildman–Crippen MR) is 124 cm³/mol. The number of carbonyl (C=O) groups excluding carboxylic acids is 1. The van der Waals surface area contributed by atoms with E-state index in [1.165, 1.54) is 0 Å². The molecular formula is C24H33ClN2O3. The zero-order chi connectivity index (χ0) is 22.3. The first-order valence-corrected chi connectivity index (χ1v) is 10.6. The molecule has 0 spiro atoms. The van der Waals surface area contributed by atoms with Crippen molar-refractivity contribution in [1.82, 2.24) is 4.90 Å². The largest absolute Gasteiger partial charge is 0.493 e. The van der Waals surface area contributed by atoms with Gasteiger partial charge in [-0.3, -0.25) is 4.79 Å². The zero-order valence-electron chi connectivity index (χ0n) is 18.9. The molecule has 5 nitrogen and oxygen atoms in total. The molecule has 30 heavy (non-hydrogen) atoms. The molecule has 0 aromatic heterocycles. The van der Waals surface area contributed by atoms with E-state index in [4.69, 9.17) is 21.1 Å². The summed E-state index contributed by atoms with van der Waals surface area (Å²) in [7, 11) is 7.26. The smallest absolute Gasteiger partial charge is 0.229 e. The van der Waals surface area contributed by atoms with Gasteiger partial charge in [-0.1, -0.05) is 18.2 Å². The molecule has 0 aliphatic carbocycles. The Morgan fingerprint density at radius 2 is 1.57 bits per heavy atom. The lowest BCUT2D eigenvalue weighted by Gasteiger charge is -2.31. The third-order valence-electron chi connectivity index (χ3n) is 5.14. The van der Waals surface area contributed by atoms with Gasteiger partial charge in [-0.05, 0) is 55.7 Å². The molecule has 0 aliphatic rings. The molecular weight excluding hydrogens is 400 g/mol. The molecule has 0 fully saturated rings. The van der Waals surface area contributed by atoms with Crippen LogP contribution in [0.1, 0.15) is 25.0 Å². The average Bonchev–Trinajstić information content (AvgIpc) is 2.76. The molecule has 2 aromatic carbocycles. The molecule has 2 rings (SSSR count). The highest BCUT2D eigenvalue weighted by Crippen LogP contribution is 2.28. The Labute approximate surface area is 185 Å². The van der Waals surface area contributed by atoms with Crippen molar-refractivity contribution in [1.29, 1.82) is 0 Å². The molecule has 0 heterocycles. The monoisotopic (exact) mass is 432 g/mol. The maximum atomic E-state index is 13.2. The Morgan fingerprint density at radius 3 is 2.10 bits per heavy atom. The van der Waals surface area contributed by atoms with Gasteiger partial charge in [0, 0.05) is 38.8 Å². The molecule has 0 saturated heterocycles. The minimum atomic E-state index is -0.622. The fourth-order valence-corrected chi connectivity index (χ4v) is 3.27. The Morgan fingerprint density at radius 1 is 0.967 bits per heavy atom. The van der Waals surface area contributed by atoms with Gasteiger partial charge in [0.15, 0.2) is 11.5 Å². The zero-order valence-corrected chi connectivity index (χ0v) is 19.6. The third-order valence-corrected chi connectivity index (χ3v) is 5.81. The second-order valence-corrected chi connectivity index (χ2v) is 8.51. The molecule has 0 aliphatic heterocycles. The number of hydrogen-bond acceptors (Lipinski definition) is 4. The number of methoxy groups -OCH3 is 2. The fourth-order valence-electron chi connectivity index (χ4n) is 3.16. The van der Waals surface area contributed by atoms with Crippen LogP contribution in [-0.4, -0.2) is 51.5 Å². The van der Waals surface area contributed by atoms with Crippen LogP contribution in [0.25, 0.3) is 0 Å². The molecule has 1 amide bonds. The standard InChI is InChI=1S/C24H33ClN2O3/c1-24(2,17-25)23(28)27(16-19-7-10-20(11-8-19)26(3)4)14-13-18-9-12-21(29-5)22(15-18)30-6/h7-12,15H,13-14,16-17H2,1-6H3. The van der Waals surface area contributed by atoms with Crippen LogP contribution in [0.3, 0.4) is 0 Å². The molecule has 6 heteroatoms. The number of nitrogens with zero attached hydrogens (tertiary/aromatic N) is 2. The van der Waals surface area contributed by atoms with Crippen LogP contribution in [0.15, 0.2) is 42.5 Å². The summed E-state index contributed by atoms with van der Waals surface area (Å²) in [6.45, 7) is 4.91. The number of hydrogen-bond donors (Lipinski definition) is 0. The average molecular weight is 433 g/mol. The van der Waals surface area contributed by atoms with Gasteiger partial charge in [0.1, 0.15) is 0 Å². The quantitative estimate of drug-likeness (QED) is 0.514. The number of halogens is 1. The van der Waals surface area contributed by atoms with E-state index in [1.54, 1.807) is 14.2 Å². The summed E-state index contributed by atoms with van der Waals surface area (Å²) >= 11 is 6.10. The van der Waals surface area contributed by atoms with Crippen molar-refractivity contribution in [3.63, 3.8) is 0 Å². The van der Waals surface area contributed by atoms with E-state index in [-0.39, 0.29) is 11.8 Å². The lowest BCUT2D eigenvalue weighted by Crippen LogP contribution is -2.42. The van der Waals surface area contributed by atoms with E-state index in [1.807, 2.05) is 51.0 Å². The summed E-state index contributed by atoms with van der Waals surface area (Å²) in [5.41, 5.74) is 2.68. The van der Waals surface area contributed by atoms with Crippen LogP contribution >= 0.6 is 11.6 Å². The van der Waals surface area contributed by atoms with Crippen molar-refractivity contribution in [3.05, 3.63) is 53.6 Å². The van der Waals surface area contributed by atoms with E-state index in [9.17, 15) is 4.79 Å². The van der Waals surface area contributed by atoms with Crippen molar-refractivity contribution in [2.24, 2.45) is 5.41 Å². The third kappa shape index (κ3) is 6.05. The number of ether oxygens (including phenoxy) is 2. The highest BCUT2D eigenvalue weighted by Gasteiger charge is 2.31. The molecule has 0 unspecified atom stereocenters. The fraction of sp³-hybridized carbons (Fsp3) is 0.458. The van der Waals surface area contributed by atoms with Crippen molar-refractivity contribution in [2.75, 3.05) is 45.6 Å². The topological polar surface area (TPSA) is 42.0 Å². The Balaban J connectivity index is 2.20. The van der Waals surface area contributed by atoms with Crippen LogP contribution in [0, 0.1) is 5.41 Å². The van der Waals surface area contributed by atoms with E-state index < -0.39 is 5.41 Å². The Kier molecular flexibility index (Phi) is 8.42. The Bertz CT molecular complexity index is 835. The highest BCUT2D eigenvalue weighted by molar-refractivity contribution is 6.19. The van der Waals surface area contributed by atoms with Gasteiger partial charge >= 0.3 is 0 Å². The number of alkyl halides is 1. The first-order chi connectivity index (χ1) is 14.2. The van der Waals surface area contributed by atoms with Crippen molar-refractivity contribution in [2.45, 2.75) is 26.8 Å². The maximum absolute atomic E-state index is 13.2. The summed E-state index contributed by atoms with van der Waals surface area (Å²) < 4.78 is 10.7. The summed E-state index contributed by atoms with van der Waals surface area (Å²) in [6, 6.07) is 14.1. The summed E-state index contributed by atoms with van der Waals surface area (Å²) in [5, 5.41) is 0. The van der Waals surface area contributed by atoms with E-state index in [0.717, 1.165) is 16.8 Å². The lowest BCUT2D eigenvalue weighted by atomic mass is 9.93. The normalized spacial score (nSPS) is 11.2. The summed E-state index contributed by atoms with van der Waals surface area (Å²) in [4.78, 5) is 17.2. The van der Waals surface area contributed by atoms with Gasteiger partial charge in [0.25, 0.3) is 0 Å². The first-order valence-electron chi connectivity index (χ1n) is 10.0. The SMILES string of the molecule is COc1ccc(CCN(Cc2ccc(N(C)C)cc2)C(=O)C(C)(C)CCl)cc1OC. The summed E-state index contributed by atoms with van der Waals surface area (Å²) in [5.74, 6) is 1.71. The number of anilines is 1. The number of benzene rings is 2. The number of carbonyl (C=O) groups is 1. The number of amides is 1. The van der Waals surface area contributed by atoms with Gasteiger partial charge in [-0.15, -0.1) is 11.6 Å². The van der Waals surface area contributed by atoms with E-state index in [0.29, 0.717) is 31.0 Å². The molecule has 2 aromatic rings. The van der Waals surface area contributed by atoms with Gasteiger partial charge in [0.2, 0.25) is 5.91 Å². The van der Waals surface area contributed by atoms with Gasteiger partial charge in [-0.25, -0.2) is 0 Å². The van der Waals surface area contributed by atoms with Crippen molar-refractivity contribution in [3.8, 4) is 11.5 Å². The molecule has 0 saturated carbocycles. The van der Waals surface area contributed by atoms with E-state index >= 15 is 0 Å². The second kappa shape index (κ2) is 10.6. The molecule has 0 bridgehead atoms. The predicted octanol–water partition coefficient (Wildman–Crippen LogP) is 4.61. The van der Waals surface area contributed by atoms with Crippen LogP contribution in [0.2, 0.25) is 0 Å². The van der Waals surface area contributed by atoms with Crippen LogP contribution in [0.5, 0.6) is 11.5 Å². The second-order valence-electron chi connectivity index (χ2n) is 8.24. The van der Waals surface area contributed by atoms with Crippen molar-refractivity contribution < 1.29 is 14.3 Å². The molecule has 0 radical (unpaired) electrons. The van der Waals surface area contributed by atoms with Gasteiger partial charge in [-0.2, -0.15) is 0 Å². The highest BCUT2D eigenvalue weighted by atomic mass is 35.5.